The summed E-state index contributed by atoms with van der Waals surface area (Å²) in [5.74, 6) is -10.5. The standard InChI is InChI=1S/C28H28ClF5N2O3S/c29-20-9-11-21(12-10-20)40(37,38)36(18-22-24(30)26(32)28(34)27(33)25(22)31)17-19-7-2-3-8-23(19)39-16-6-15-35-13-4-1-5-14-35/h2-3,7-12H,1,4-6,13-18H2. The highest BCUT2D eigenvalue weighted by Crippen LogP contribution is 2.30. The summed E-state index contributed by atoms with van der Waals surface area (Å²) in [5.41, 5.74) is -0.921. The number of rotatable bonds is 11. The Kier molecular flexibility index (Phi) is 10.0. The Balaban J connectivity index is 1.62. The Morgan fingerprint density at radius 1 is 0.800 bits per heavy atom. The summed E-state index contributed by atoms with van der Waals surface area (Å²) < 4.78 is 104. The van der Waals surface area contributed by atoms with Gasteiger partial charge in [0.05, 0.1) is 11.5 Å². The van der Waals surface area contributed by atoms with Gasteiger partial charge >= 0.3 is 0 Å². The number of piperidine rings is 1. The summed E-state index contributed by atoms with van der Waals surface area (Å²) in [6, 6.07) is 11.5. The Morgan fingerprint density at radius 3 is 2.05 bits per heavy atom. The quantitative estimate of drug-likeness (QED) is 0.106. The molecule has 0 radical (unpaired) electrons. The molecule has 40 heavy (non-hydrogen) atoms. The third-order valence-corrected chi connectivity index (χ3v) is 8.79. The van der Waals surface area contributed by atoms with E-state index in [2.05, 4.69) is 4.90 Å². The third-order valence-electron chi connectivity index (χ3n) is 6.73. The zero-order valence-electron chi connectivity index (χ0n) is 21.5. The van der Waals surface area contributed by atoms with Crippen molar-refractivity contribution in [2.75, 3.05) is 26.2 Å². The molecule has 0 bridgehead atoms. The van der Waals surface area contributed by atoms with Crippen molar-refractivity contribution in [3.05, 3.63) is 93.8 Å². The van der Waals surface area contributed by atoms with Crippen LogP contribution in [0.5, 0.6) is 5.75 Å². The van der Waals surface area contributed by atoms with E-state index in [1.807, 2.05) is 0 Å². The van der Waals surface area contributed by atoms with Crippen LogP contribution in [0.3, 0.4) is 0 Å². The lowest BCUT2D eigenvalue weighted by Gasteiger charge is -2.26. The van der Waals surface area contributed by atoms with Gasteiger partial charge < -0.3 is 9.64 Å². The molecule has 0 atom stereocenters. The molecule has 0 aromatic heterocycles. The zero-order valence-corrected chi connectivity index (χ0v) is 23.1. The van der Waals surface area contributed by atoms with Crippen molar-refractivity contribution in [1.82, 2.24) is 9.21 Å². The molecule has 3 aromatic rings. The van der Waals surface area contributed by atoms with Gasteiger partial charge in [-0.1, -0.05) is 36.2 Å². The van der Waals surface area contributed by atoms with Crippen molar-refractivity contribution in [2.24, 2.45) is 0 Å². The molecule has 1 heterocycles. The van der Waals surface area contributed by atoms with Crippen molar-refractivity contribution >= 4 is 21.6 Å². The summed E-state index contributed by atoms with van der Waals surface area (Å²) in [5, 5.41) is 0.244. The molecule has 0 amide bonds. The van der Waals surface area contributed by atoms with E-state index in [1.165, 1.54) is 30.7 Å². The van der Waals surface area contributed by atoms with Gasteiger partial charge in [-0.05, 0) is 62.7 Å². The number of sulfonamides is 1. The molecule has 5 nitrogen and oxygen atoms in total. The summed E-state index contributed by atoms with van der Waals surface area (Å²) in [4.78, 5) is 2.07. The molecule has 4 rings (SSSR count). The fourth-order valence-corrected chi connectivity index (χ4v) is 6.08. The van der Waals surface area contributed by atoms with Gasteiger partial charge in [0.25, 0.3) is 0 Å². The minimum Gasteiger partial charge on any atom is -0.493 e. The molecule has 0 N–H and O–H groups in total. The number of benzene rings is 3. The van der Waals surface area contributed by atoms with Crippen LogP contribution >= 0.6 is 11.6 Å². The van der Waals surface area contributed by atoms with E-state index in [1.54, 1.807) is 24.3 Å². The Labute approximate surface area is 235 Å². The van der Waals surface area contributed by atoms with Gasteiger partial charge in [0, 0.05) is 35.8 Å². The summed E-state index contributed by atoms with van der Waals surface area (Å²) >= 11 is 5.88. The predicted octanol–water partition coefficient (Wildman–Crippen LogP) is 6.68. The largest absolute Gasteiger partial charge is 0.493 e. The van der Waals surface area contributed by atoms with Crippen LogP contribution in [0.15, 0.2) is 53.4 Å². The molecule has 3 aromatic carbocycles. The number of halogens is 6. The van der Waals surface area contributed by atoms with E-state index in [9.17, 15) is 30.4 Å². The molecule has 0 unspecified atom stereocenters. The Hall–Kier alpha value is -2.73. The smallest absolute Gasteiger partial charge is 0.243 e. The third kappa shape index (κ3) is 6.94. The highest BCUT2D eigenvalue weighted by molar-refractivity contribution is 7.89. The molecular weight excluding hydrogens is 575 g/mol. The van der Waals surface area contributed by atoms with Gasteiger partial charge in [0.2, 0.25) is 15.8 Å². The molecule has 216 valence electrons. The van der Waals surface area contributed by atoms with E-state index in [4.69, 9.17) is 16.3 Å². The second kappa shape index (κ2) is 13.3. The zero-order chi connectivity index (χ0) is 28.9. The fraction of sp³-hybridized carbons (Fsp3) is 0.357. The molecule has 1 fully saturated rings. The van der Waals surface area contributed by atoms with Crippen molar-refractivity contribution < 1.29 is 35.1 Å². The number of hydrogen-bond donors (Lipinski definition) is 0. The fourth-order valence-electron chi connectivity index (χ4n) is 4.57. The SMILES string of the molecule is O=S(=O)(c1ccc(Cl)cc1)N(Cc1ccccc1OCCCN1CCCCC1)Cc1c(F)c(F)c(F)c(F)c1F. The van der Waals surface area contributed by atoms with Crippen molar-refractivity contribution in [2.45, 2.75) is 43.7 Å². The van der Waals surface area contributed by atoms with Gasteiger partial charge in [-0.25, -0.2) is 30.4 Å². The van der Waals surface area contributed by atoms with Crippen molar-refractivity contribution in [3.63, 3.8) is 0 Å². The first-order chi connectivity index (χ1) is 19.1. The van der Waals surface area contributed by atoms with Gasteiger partial charge in [-0.2, -0.15) is 4.31 Å². The Morgan fingerprint density at radius 2 is 1.40 bits per heavy atom. The molecule has 0 saturated carbocycles. The molecular formula is C28H28ClF5N2O3S. The lowest BCUT2D eigenvalue weighted by molar-refractivity contribution is 0.204. The van der Waals surface area contributed by atoms with E-state index < -0.39 is 57.8 Å². The summed E-state index contributed by atoms with van der Waals surface area (Å²) in [7, 11) is -4.50. The second-order valence-electron chi connectivity index (χ2n) is 9.49. The van der Waals surface area contributed by atoms with E-state index in [-0.39, 0.29) is 9.92 Å². The predicted molar refractivity (Wildman–Crippen MR) is 141 cm³/mol. The highest BCUT2D eigenvalue weighted by atomic mass is 35.5. The first-order valence-corrected chi connectivity index (χ1v) is 14.6. The van der Waals surface area contributed by atoms with Gasteiger partial charge in [0.1, 0.15) is 5.75 Å². The van der Waals surface area contributed by atoms with Crippen LogP contribution in [-0.2, 0) is 23.1 Å². The number of nitrogens with zero attached hydrogens (tertiary/aromatic N) is 2. The highest BCUT2D eigenvalue weighted by Gasteiger charge is 2.32. The maximum Gasteiger partial charge on any atom is 0.243 e. The molecule has 1 saturated heterocycles. The van der Waals surface area contributed by atoms with Crippen LogP contribution in [-0.4, -0.2) is 43.9 Å². The molecule has 1 aliphatic heterocycles. The molecule has 1 aliphatic rings. The van der Waals surface area contributed by atoms with Gasteiger partial charge in [0.15, 0.2) is 23.3 Å². The maximum absolute atomic E-state index is 14.6. The van der Waals surface area contributed by atoms with Crippen LogP contribution in [0.1, 0.15) is 36.8 Å². The van der Waals surface area contributed by atoms with Crippen LogP contribution in [0, 0.1) is 29.1 Å². The summed E-state index contributed by atoms with van der Waals surface area (Å²) in [6.45, 7) is 1.67. The average molecular weight is 603 g/mol. The van der Waals surface area contributed by atoms with Crippen molar-refractivity contribution in [3.8, 4) is 5.75 Å². The molecule has 0 spiro atoms. The first kappa shape index (κ1) is 30.2. The summed E-state index contributed by atoms with van der Waals surface area (Å²) in [6.07, 6.45) is 4.27. The van der Waals surface area contributed by atoms with Crippen LogP contribution in [0.4, 0.5) is 22.0 Å². The maximum atomic E-state index is 14.6. The minimum absolute atomic E-state index is 0.244. The molecule has 12 heteroatoms. The van der Waals surface area contributed by atoms with E-state index >= 15 is 0 Å². The molecule has 0 aliphatic carbocycles. The van der Waals surface area contributed by atoms with Crippen LogP contribution in [0.2, 0.25) is 5.02 Å². The number of likely N-dealkylation sites (tertiary alicyclic amines) is 1. The van der Waals surface area contributed by atoms with Gasteiger partial charge in [-0.15, -0.1) is 0 Å². The minimum atomic E-state index is -4.50. The first-order valence-electron chi connectivity index (χ1n) is 12.8. The second-order valence-corrected chi connectivity index (χ2v) is 11.9. The topological polar surface area (TPSA) is 49.9 Å². The van der Waals surface area contributed by atoms with Crippen LogP contribution in [0.25, 0.3) is 0 Å². The van der Waals surface area contributed by atoms with Crippen molar-refractivity contribution in [1.29, 1.82) is 0 Å². The normalized spacial score (nSPS) is 14.6. The van der Waals surface area contributed by atoms with Gasteiger partial charge in [-0.3, -0.25) is 0 Å². The van der Waals surface area contributed by atoms with Crippen LogP contribution < -0.4 is 4.74 Å². The number of para-hydroxylation sites is 1. The lowest BCUT2D eigenvalue weighted by Crippen LogP contribution is -2.32. The van der Waals surface area contributed by atoms with E-state index in [0.717, 1.165) is 38.9 Å². The average Bonchev–Trinajstić information content (AvgIpc) is 2.96. The monoisotopic (exact) mass is 602 g/mol. The number of ether oxygens (including phenoxy) is 1. The number of hydrogen-bond acceptors (Lipinski definition) is 4. The Bertz CT molecular complexity index is 1410. The lowest BCUT2D eigenvalue weighted by atomic mass is 10.1. The van der Waals surface area contributed by atoms with E-state index in [0.29, 0.717) is 22.2 Å².